The molecular formula is C12H19N. The van der Waals surface area contributed by atoms with Gasteiger partial charge in [0.1, 0.15) is 0 Å². The van der Waals surface area contributed by atoms with Gasteiger partial charge in [0.15, 0.2) is 0 Å². The first-order valence-electron chi connectivity index (χ1n) is 4.90. The van der Waals surface area contributed by atoms with Gasteiger partial charge in [0.2, 0.25) is 0 Å². The van der Waals surface area contributed by atoms with Crippen molar-refractivity contribution in [3.05, 3.63) is 35.9 Å². The van der Waals surface area contributed by atoms with Crippen molar-refractivity contribution >= 4 is 0 Å². The lowest BCUT2D eigenvalue weighted by Crippen LogP contribution is -2.24. The number of rotatable bonds is 4. The zero-order valence-electron chi connectivity index (χ0n) is 8.83. The van der Waals surface area contributed by atoms with Crippen molar-refractivity contribution in [3.63, 3.8) is 0 Å². The first-order valence-corrected chi connectivity index (χ1v) is 4.90. The van der Waals surface area contributed by atoms with E-state index in [2.05, 4.69) is 56.3 Å². The second kappa shape index (κ2) is 5.03. The van der Waals surface area contributed by atoms with E-state index < -0.39 is 0 Å². The monoisotopic (exact) mass is 177 g/mol. The van der Waals surface area contributed by atoms with E-state index in [9.17, 15) is 0 Å². The van der Waals surface area contributed by atoms with Gasteiger partial charge >= 0.3 is 0 Å². The molecule has 1 aromatic carbocycles. The van der Waals surface area contributed by atoms with Gasteiger partial charge in [0, 0.05) is 6.04 Å². The highest BCUT2D eigenvalue weighted by Gasteiger charge is 2.03. The molecule has 1 rings (SSSR count). The Morgan fingerprint density at radius 2 is 1.77 bits per heavy atom. The van der Waals surface area contributed by atoms with Crippen LogP contribution in [0.15, 0.2) is 30.3 Å². The molecule has 0 saturated carbocycles. The Bertz CT molecular complexity index is 228. The molecule has 1 unspecified atom stereocenters. The topological polar surface area (TPSA) is 3.24 Å². The maximum atomic E-state index is 2.27. The van der Waals surface area contributed by atoms with Gasteiger partial charge in [-0.15, -0.1) is 0 Å². The van der Waals surface area contributed by atoms with Crippen LogP contribution in [0.5, 0.6) is 0 Å². The Kier molecular flexibility index (Phi) is 3.97. The SMILES string of the molecule is CC(CCc1ccccc1)N(C)C. The maximum absolute atomic E-state index is 2.27. The minimum absolute atomic E-state index is 0.667. The minimum atomic E-state index is 0.667. The fourth-order valence-electron chi connectivity index (χ4n) is 1.28. The van der Waals surface area contributed by atoms with Crippen molar-refractivity contribution in [2.75, 3.05) is 14.1 Å². The average Bonchev–Trinajstić information content (AvgIpc) is 2.15. The van der Waals surface area contributed by atoms with Crippen molar-refractivity contribution in [2.24, 2.45) is 0 Å². The normalized spacial score (nSPS) is 13.2. The van der Waals surface area contributed by atoms with Crippen molar-refractivity contribution in [1.82, 2.24) is 4.90 Å². The first kappa shape index (κ1) is 10.3. The van der Waals surface area contributed by atoms with E-state index in [0.29, 0.717) is 6.04 Å². The zero-order chi connectivity index (χ0) is 9.68. The van der Waals surface area contributed by atoms with Crippen LogP contribution >= 0.6 is 0 Å². The Morgan fingerprint density at radius 1 is 1.15 bits per heavy atom. The van der Waals surface area contributed by atoms with Crippen LogP contribution in [0, 0.1) is 0 Å². The molecule has 0 fully saturated rings. The summed E-state index contributed by atoms with van der Waals surface area (Å²) in [6, 6.07) is 11.3. The summed E-state index contributed by atoms with van der Waals surface area (Å²) in [6.45, 7) is 2.27. The molecular weight excluding hydrogens is 158 g/mol. The van der Waals surface area contributed by atoms with Gasteiger partial charge in [0.25, 0.3) is 0 Å². The molecule has 0 aromatic heterocycles. The second-order valence-electron chi connectivity index (χ2n) is 3.84. The largest absolute Gasteiger partial charge is 0.307 e. The fraction of sp³-hybridized carbons (Fsp3) is 0.500. The van der Waals surface area contributed by atoms with Gasteiger partial charge in [-0.05, 0) is 39.4 Å². The molecule has 0 saturated heterocycles. The summed E-state index contributed by atoms with van der Waals surface area (Å²) in [5.74, 6) is 0. The molecule has 0 aliphatic rings. The van der Waals surface area contributed by atoms with Gasteiger partial charge in [-0.1, -0.05) is 30.3 Å². The summed E-state index contributed by atoms with van der Waals surface area (Å²) in [5, 5.41) is 0. The predicted molar refractivity (Wildman–Crippen MR) is 57.9 cm³/mol. The minimum Gasteiger partial charge on any atom is -0.307 e. The summed E-state index contributed by atoms with van der Waals surface area (Å²) in [7, 11) is 4.27. The molecule has 0 bridgehead atoms. The molecule has 1 atom stereocenters. The van der Waals surface area contributed by atoms with Crippen LogP contribution in [0.2, 0.25) is 0 Å². The third kappa shape index (κ3) is 3.60. The standard InChI is InChI=1S/C12H19N/c1-11(13(2)3)9-10-12-7-5-4-6-8-12/h4-8,11H,9-10H2,1-3H3. The van der Waals surface area contributed by atoms with Gasteiger partial charge in [-0.2, -0.15) is 0 Å². The lowest BCUT2D eigenvalue weighted by Gasteiger charge is -2.19. The van der Waals surface area contributed by atoms with Crippen LogP contribution in [-0.4, -0.2) is 25.0 Å². The summed E-state index contributed by atoms with van der Waals surface area (Å²) in [6.07, 6.45) is 2.41. The van der Waals surface area contributed by atoms with E-state index >= 15 is 0 Å². The highest BCUT2D eigenvalue weighted by atomic mass is 15.1. The Balaban J connectivity index is 2.35. The van der Waals surface area contributed by atoms with Crippen molar-refractivity contribution in [2.45, 2.75) is 25.8 Å². The summed E-state index contributed by atoms with van der Waals surface area (Å²) in [5.41, 5.74) is 1.44. The fourth-order valence-corrected chi connectivity index (χ4v) is 1.28. The third-order valence-electron chi connectivity index (χ3n) is 2.58. The molecule has 0 heterocycles. The molecule has 1 heteroatoms. The molecule has 0 aliphatic carbocycles. The van der Waals surface area contributed by atoms with Crippen molar-refractivity contribution < 1.29 is 0 Å². The molecule has 0 amide bonds. The number of benzene rings is 1. The molecule has 13 heavy (non-hydrogen) atoms. The number of hydrogen-bond donors (Lipinski definition) is 0. The number of nitrogens with zero attached hydrogens (tertiary/aromatic N) is 1. The third-order valence-corrected chi connectivity index (χ3v) is 2.58. The average molecular weight is 177 g/mol. The van der Waals surface area contributed by atoms with Crippen molar-refractivity contribution in [1.29, 1.82) is 0 Å². The van der Waals surface area contributed by atoms with Crippen LogP contribution in [0.3, 0.4) is 0 Å². The zero-order valence-corrected chi connectivity index (χ0v) is 8.83. The van der Waals surface area contributed by atoms with E-state index in [0.717, 1.165) is 0 Å². The second-order valence-corrected chi connectivity index (χ2v) is 3.84. The highest BCUT2D eigenvalue weighted by molar-refractivity contribution is 5.14. The quantitative estimate of drug-likeness (QED) is 0.683. The molecule has 0 aliphatic heterocycles. The van der Waals surface area contributed by atoms with E-state index in [1.54, 1.807) is 0 Å². The lowest BCUT2D eigenvalue weighted by molar-refractivity contribution is 0.299. The van der Waals surface area contributed by atoms with E-state index in [4.69, 9.17) is 0 Å². The van der Waals surface area contributed by atoms with Crippen LogP contribution in [-0.2, 0) is 6.42 Å². The van der Waals surface area contributed by atoms with Crippen LogP contribution < -0.4 is 0 Å². The molecule has 1 nitrogen and oxygen atoms in total. The van der Waals surface area contributed by atoms with E-state index in [-0.39, 0.29) is 0 Å². The number of hydrogen-bond acceptors (Lipinski definition) is 1. The van der Waals surface area contributed by atoms with Gasteiger partial charge in [0.05, 0.1) is 0 Å². The van der Waals surface area contributed by atoms with Gasteiger partial charge < -0.3 is 4.90 Å². The van der Waals surface area contributed by atoms with E-state index in [1.807, 2.05) is 0 Å². The molecule has 0 spiro atoms. The molecule has 0 N–H and O–H groups in total. The molecule has 72 valence electrons. The van der Waals surface area contributed by atoms with Crippen LogP contribution in [0.4, 0.5) is 0 Å². The van der Waals surface area contributed by atoms with E-state index in [1.165, 1.54) is 18.4 Å². The lowest BCUT2D eigenvalue weighted by atomic mass is 10.1. The van der Waals surface area contributed by atoms with Crippen LogP contribution in [0.25, 0.3) is 0 Å². The van der Waals surface area contributed by atoms with Gasteiger partial charge in [-0.3, -0.25) is 0 Å². The summed E-state index contributed by atoms with van der Waals surface area (Å²) in [4.78, 5) is 2.27. The number of aryl methyl sites for hydroxylation is 1. The van der Waals surface area contributed by atoms with Crippen LogP contribution in [0.1, 0.15) is 18.9 Å². The van der Waals surface area contributed by atoms with Crippen molar-refractivity contribution in [3.8, 4) is 0 Å². The molecule has 1 aromatic rings. The summed E-state index contributed by atoms with van der Waals surface area (Å²) >= 11 is 0. The molecule has 0 radical (unpaired) electrons. The Hall–Kier alpha value is -0.820. The summed E-state index contributed by atoms with van der Waals surface area (Å²) < 4.78 is 0. The maximum Gasteiger partial charge on any atom is 0.00640 e. The first-order chi connectivity index (χ1) is 6.20. The smallest absolute Gasteiger partial charge is 0.00640 e. The Morgan fingerprint density at radius 3 is 2.31 bits per heavy atom. The predicted octanol–water partition coefficient (Wildman–Crippen LogP) is 2.57. The highest BCUT2D eigenvalue weighted by Crippen LogP contribution is 2.06. The van der Waals surface area contributed by atoms with Gasteiger partial charge in [-0.25, -0.2) is 0 Å². The Labute approximate surface area is 81.4 Å².